The fraction of sp³-hybridized carbons (Fsp3) is 0.429. The number of hydrogen-bond acceptors (Lipinski definition) is 2. The Balaban J connectivity index is 2.64. The van der Waals surface area contributed by atoms with Gasteiger partial charge in [0, 0.05) is 13.6 Å². The molecular weight excluding hydrogens is 299 g/mol. The highest BCUT2D eigenvalue weighted by Gasteiger charge is 2.19. The van der Waals surface area contributed by atoms with Crippen molar-refractivity contribution in [2.45, 2.75) is 19.9 Å². The van der Waals surface area contributed by atoms with Gasteiger partial charge in [-0.3, -0.25) is 4.79 Å². The van der Waals surface area contributed by atoms with Crippen molar-refractivity contribution in [2.75, 3.05) is 13.6 Å². The van der Waals surface area contributed by atoms with E-state index >= 15 is 0 Å². The van der Waals surface area contributed by atoms with Gasteiger partial charge in [0.1, 0.15) is 5.82 Å². The fourth-order valence-electron chi connectivity index (χ4n) is 1.73. The molecule has 0 aromatic heterocycles. The number of hydrogen-bond donors (Lipinski definition) is 2. The quantitative estimate of drug-likeness (QED) is 0.877. The molecule has 2 unspecified atom stereocenters. The highest BCUT2D eigenvalue weighted by molar-refractivity contribution is 6.30. The van der Waals surface area contributed by atoms with Gasteiger partial charge >= 0.3 is 12.0 Å². The summed E-state index contributed by atoms with van der Waals surface area (Å²) < 4.78 is 13.1. The third-order valence-corrected chi connectivity index (χ3v) is 3.39. The fourth-order valence-corrected chi connectivity index (χ4v) is 1.92. The van der Waals surface area contributed by atoms with Gasteiger partial charge in [-0.25, -0.2) is 9.18 Å². The van der Waals surface area contributed by atoms with Crippen LogP contribution in [-0.2, 0) is 4.79 Å². The Morgan fingerprint density at radius 1 is 1.43 bits per heavy atom. The van der Waals surface area contributed by atoms with E-state index < -0.39 is 23.7 Å². The number of nitrogens with zero attached hydrogens (tertiary/aromatic N) is 1. The third-order valence-electron chi connectivity index (χ3n) is 3.10. The van der Waals surface area contributed by atoms with E-state index in [0.717, 1.165) is 0 Å². The van der Waals surface area contributed by atoms with Crippen LogP contribution in [-0.4, -0.2) is 35.6 Å². The molecule has 0 spiro atoms. The number of nitrogens with one attached hydrogen (secondary N) is 1. The van der Waals surface area contributed by atoms with E-state index in [0.29, 0.717) is 5.56 Å². The van der Waals surface area contributed by atoms with Crippen LogP contribution >= 0.6 is 11.6 Å². The third kappa shape index (κ3) is 4.90. The van der Waals surface area contributed by atoms with Crippen molar-refractivity contribution in [3.05, 3.63) is 34.6 Å². The van der Waals surface area contributed by atoms with Gasteiger partial charge < -0.3 is 15.3 Å². The molecule has 0 saturated carbocycles. The summed E-state index contributed by atoms with van der Waals surface area (Å²) in [5.41, 5.74) is 0.662. The SMILES string of the molecule is CC(CN(C)C(=O)NC(C)c1ccc(F)c(Cl)c1)C(=O)O. The van der Waals surface area contributed by atoms with Crippen molar-refractivity contribution in [3.8, 4) is 0 Å². The smallest absolute Gasteiger partial charge is 0.317 e. The van der Waals surface area contributed by atoms with Gasteiger partial charge in [-0.1, -0.05) is 24.6 Å². The molecule has 2 atom stereocenters. The van der Waals surface area contributed by atoms with Crippen LogP contribution in [0.4, 0.5) is 9.18 Å². The Morgan fingerprint density at radius 3 is 2.57 bits per heavy atom. The summed E-state index contributed by atoms with van der Waals surface area (Å²) in [5.74, 6) is -2.14. The molecule has 2 N–H and O–H groups in total. The second kappa shape index (κ2) is 7.26. The van der Waals surface area contributed by atoms with Crippen molar-refractivity contribution >= 4 is 23.6 Å². The van der Waals surface area contributed by atoms with E-state index in [1.807, 2.05) is 0 Å². The molecule has 0 radical (unpaired) electrons. The van der Waals surface area contributed by atoms with Crippen LogP contribution in [0.1, 0.15) is 25.5 Å². The largest absolute Gasteiger partial charge is 0.481 e. The Kier molecular flexibility index (Phi) is 5.96. The molecule has 0 fully saturated rings. The van der Waals surface area contributed by atoms with Gasteiger partial charge in [-0.05, 0) is 24.6 Å². The number of benzene rings is 1. The van der Waals surface area contributed by atoms with E-state index in [1.54, 1.807) is 6.92 Å². The molecule has 116 valence electrons. The van der Waals surface area contributed by atoms with Crippen molar-refractivity contribution < 1.29 is 19.1 Å². The summed E-state index contributed by atoms with van der Waals surface area (Å²) >= 11 is 5.70. The topological polar surface area (TPSA) is 69.6 Å². The van der Waals surface area contributed by atoms with Crippen LogP contribution in [0.2, 0.25) is 5.02 Å². The Bertz CT molecular complexity index is 539. The molecule has 0 heterocycles. The Morgan fingerprint density at radius 2 is 2.05 bits per heavy atom. The van der Waals surface area contributed by atoms with Crippen LogP contribution in [0.3, 0.4) is 0 Å². The standard InChI is InChI=1S/C14H18ClFN2O3/c1-8(13(19)20)7-18(3)14(21)17-9(2)10-4-5-12(16)11(15)6-10/h4-6,8-9H,7H2,1-3H3,(H,17,21)(H,19,20). The number of carbonyl (C=O) groups is 2. The Labute approximate surface area is 127 Å². The normalized spacial score (nSPS) is 13.4. The molecule has 1 aromatic rings. The molecule has 1 aromatic carbocycles. The molecular formula is C14H18ClFN2O3. The minimum absolute atomic E-state index is 0.0125. The maximum atomic E-state index is 13.1. The zero-order valence-corrected chi connectivity index (χ0v) is 12.8. The van der Waals surface area contributed by atoms with E-state index in [2.05, 4.69) is 5.32 Å². The summed E-state index contributed by atoms with van der Waals surface area (Å²) in [5, 5.41) is 11.5. The number of halogens is 2. The van der Waals surface area contributed by atoms with E-state index in [-0.39, 0.29) is 17.6 Å². The second-order valence-corrected chi connectivity index (χ2v) is 5.37. The second-order valence-electron chi connectivity index (χ2n) is 4.96. The highest BCUT2D eigenvalue weighted by Crippen LogP contribution is 2.20. The first-order chi connectivity index (χ1) is 9.72. The van der Waals surface area contributed by atoms with Crippen molar-refractivity contribution in [3.63, 3.8) is 0 Å². The number of rotatable bonds is 5. The molecule has 0 bridgehead atoms. The number of carboxylic acids is 1. The predicted molar refractivity (Wildman–Crippen MR) is 77.8 cm³/mol. The zero-order chi connectivity index (χ0) is 16.2. The molecule has 0 aliphatic carbocycles. The van der Waals surface area contributed by atoms with Crippen LogP contribution in [0, 0.1) is 11.7 Å². The molecule has 1 rings (SSSR count). The molecule has 2 amide bonds. The van der Waals surface area contributed by atoms with E-state index in [4.69, 9.17) is 16.7 Å². The van der Waals surface area contributed by atoms with E-state index in [9.17, 15) is 14.0 Å². The monoisotopic (exact) mass is 316 g/mol. The molecule has 0 saturated heterocycles. The summed E-state index contributed by atoms with van der Waals surface area (Å²) in [7, 11) is 1.51. The summed E-state index contributed by atoms with van der Waals surface area (Å²) in [6.45, 7) is 3.35. The Hall–Kier alpha value is -1.82. The molecule has 5 nitrogen and oxygen atoms in total. The lowest BCUT2D eigenvalue weighted by atomic mass is 10.1. The summed E-state index contributed by atoms with van der Waals surface area (Å²) in [6, 6.07) is 3.43. The van der Waals surface area contributed by atoms with Gasteiger partial charge in [0.25, 0.3) is 0 Å². The number of urea groups is 1. The van der Waals surface area contributed by atoms with Crippen molar-refractivity contribution in [2.24, 2.45) is 5.92 Å². The summed E-state index contributed by atoms with van der Waals surface area (Å²) in [4.78, 5) is 24.0. The number of aliphatic carboxylic acids is 1. The number of carbonyl (C=O) groups excluding carboxylic acids is 1. The van der Waals surface area contributed by atoms with E-state index in [1.165, 1.54) is 37.1 Å². The number of amides is 2. The van der Waals surface area contributed by atoms with Gasteiger partial charge in [0.15, 0.2) is 0 Å². The molecule has 21 heavy (non-hydrogen) atoms. The first-order valence-electron chi connectivity index (χ1n) is 6.41. The zero-order valence-electron chi connectivity index (χ0n) is 12.1. The number of carboxylic acid groups (broad SMARTS) is 1. The molecule has 0 aliphatic rings. The molecule has 0 aliphatic heterocycles. The van der Waals surface area contributed by atoms with Gasteiger partial charge in [0.05, 0.1) is 17.0 Å². The highest BCUT2D eigenvalue weighted by atomic mass is 35.5. The van der Waals surface area contributed by atoms with Crippen LogP contribution in [0.15, 0.2) is 18.2 Å². The van der Waals surface area contributed by atoms with Crippen molar-refractivity contribution in [1.82, 2.24) is 10.2 Å². The minimum Gasteiger partial charge on any atom is -0.481 e. The maximum absolute atomic E-state index is 13.1. The van der Waals surface area contributed by atoms with Crippen LogP contribution < -0.4 is 5.32 Å². The summed E-state index contributed by atoms with van der Waals surface area (Å²) in [6.07, 6.45) is 0. The lowest BCUT2D eigenvalue weighted by Crippen LogP contribution is -2.41. The first kappa shape index (κ1) is 17.2. The maximum Gasteiger partial charge on any atom is 0.317 e. The van der Waals surface area contributed by atoms with Gasteiger partial charge in [-0.15, -0.1) is 0 Å². The average molecular weight is 317 g/mol. The molecule has 7 heteroatoms. The lowest BCUT2D eigenvalue weighted by Gasteiger charge is -2.23. The lowest BCUT2D eigenvalue weighted by molar-refractivity contribution is -0.141. The average Bonchev–Trinajstić information content (AvgIpc) is 2.41. The predicted octanol–water partition coefficient (Wildman–Crippen LogP) is 2.90. The van der Waals surface area contributed by atoms with Crippen LogP contribution in [0.25, 0.3) is 0 Å². The minimum atomic E-state index is -0.965. The first-order valence-corrected chi connectivity index (χ1v) is 6.79. The van der Waals surface area contributed by atoms with Gasteiger partial charge in [-0.2, -0.15) is 0 Å². The van der Waals surface area contributed by atoms with Crippen LogP contribution in [0.5, 0.6) is 0 Å². The van der Waals surface area contributed by atoms with Gasteiger partial charge in [0.2, 0.25) is 0 Å². The van der Waals surface area contributed by atoms with Crippen molar-refractivity contribution in [1.29, 1.82) is 0 Å².